The Kier molecular flexibility index (Phi) is 4.13. The average Bonchev–Trinajstić information content (AvgIpc) is 2.30. The summed E-state index contributed by atoms with van der Waals surface area (Å²) in [4.78, 5) is 4.08. The first kappa shape index (κ1) is 12.5. The highest BCUT2D eigenvalue weighted by atomic mass is 16.3. The summed E-state index contributed by atoms with van der Waals surface area (Å²) in [6, 6.07) is 3.99. The van der Waals surface area contributed by atoms with Crippen LogP contribution in [-0.4, -0.2) is 22.2 Å². The van der Waals surface area contributed by atoms with Crippen LogP contribution >= 0.6 is 0 Å². The molecular formula is C14H22N2O. The summed E-state index contributed by atoms with van der Waals surface area (Å²) in [5.74, 6) is 0.647. The Morgan fingerprint density at radius 2 is 2.47 bits per heavy atom. The lowest BCUT2D eigenvalue weighted by Gasteiger charge is -2.35. The standard InChI is InChI=1S/C14H22N2O/c1-12-4-2-6-14(17,8-12)11-16-10-13-5-3-7-15-9-13/h3,5,7,9,12,16-17H,2,4,6,8,10-11H2,1H3. The summed E-state index contributed by atoms with van der Waals surface area (Å²) in [7, 11) is 0. The Morgan fingerprint density at radius 3 is 3.18 bits per heavy atom. The molecule has 2 atom stereocenters. The molecule has 1 aromatic rings. The summed E-state index contributed by atoms with van der Waals surface area (Å²) in [5, 5.41) is 13.8. The van der Waals surface area contributed by atoms with E-state index in [4.69, 9.17) is 0 Å². The van der Waals surface area contributed by atoms with E-state index in [1.807, 2.05) is 18.3 Å². The van der Waals surface area contributed by atoms with Crippen molar-refractivity contribution in [3.8, 4) is 0 Å². The second kappa shape index (κ2) is 5.61. The first-order valence-corrected chi connectivity index (χ1v) is 6.50. The maximum absolute atomic E-state index is 10.4. The van der Waals surface area contributed by atoms with Crippen LogP contribution in [0.3, 0.4) is 0 Å². The van der Waals surface area contributed by atoms with Gasteiger partial charge in [0.05, 0.1) is 5.60 Å². The maximum atomic E-state index is 10.4. The minimum atomic E-state index is -0.500. The van der Waals surface area contributed by atoms with E-state index < -0.39 is 5.60 Å². The summed E-state index contributed by atoms with van der Waals surface area (Å²) in [6.07, 6.45) is 7.89. The molecule has 1 aromatic heterocycles. The van der Waals surface area contributed by atoms with E-state index in [1.54, 1.807) is 6.20 Å². The van der Waals surface area contributed by atoms with Crippen LogP contribution < -0.4 is 5.32 Å². The van der Waals surface area contributed by atoms with E-state index in [0.29, 0.717) is 12.5 Å². The first-order valence-electron chi connectivity index (χ1n) is 6.50. The molecule has 0 spiro atoms. The van der Waals surface area contributed by atoms with Gasteiger partial charge >= 0.3 is 0 Å². The maximum Gasteiger partial charge on any atom is 0.0774 e. The second-order valence-electron chi connectivity index (χ2n) is 5.39. The molecular weight excluding hydrogens is 212 g/mol. The van der Waals surface area contributed by atoms with Crippen LogP contribution in [0.15, 0.2) is 24.5 Å². The fraction of sp³-hybridized carbons (Fsp3) is 0.643. The molecule has 0 radical (unpaired) electrons. The molecule has 2 unspecified atom stereocenters. The number of nitrogens with zero attached hydrogens (tertiary/aromatic N) is 1. The van der Waals surface area contributed by atoms with Crippen LogP contribution in [0.25, 0.3) is 0 Å². The number of aliphatic hydroxyl groups is 1. The molecule has 0 aliphatic heterocycles. The topological polar surface area (TPSA) is 45.1 Å². The lowest BCUT2D eigenvalue weighted by atomic mass is 9.79. The van der Waals surface area contributed by atoms with Crippen molar-refractivity contribution in [3.05, 3.63) is 30.1 Å². The summed E-state index contributed by atoms with van der Waals surface area (Å²) >= 11 is 0. The first-order chi connectivity index (χ1) is 8.18. The number of pyridine rings is 1. The van der Waals surface area contributed by atoms with Crippen LogP contribution in [0.1, 0.15) is 38.2 Å². The fourth-order valence-electron chi connectivity index (χ4n) is 2.74. The minimum Gasteiger partial charge on any atom is -0.389 e. The number of nitrogens with one attached hydrogen (secondary N) is 1. The zero-order valence-electron chi connectivity index (χ0n) is 10.5. The van der Waals surface area contributed by atoms with Gasteiger partial charge in [-0.15, -0.1) is 0 Å². The number of rotatable bonds is 4. The molecule has 0 amide bonds. The van der Waals surface area contributed by atoms with Crippen molar-refractivity contribution in [1.82, 2.24) is 10.3 Å². The molecule has 1 aliphatic carbocycles. The predicted molar refractivity (Wildman–Crippen MR) is 68.5 cm³/mol. The van der Waals surface area contributed by atoms with E-state index in [1.165, 1.54) is 12.0 Å². The van der Waals surface area contributed by atoms with Gasteiger partial charge in [0.2, 0.25) is 0 Å². The van der Waals surface area contributed by atoms with Crippen molar-refractivity contribution in [2.45, 2.75) is 44.8 Å². The molecule has 2 rings (SSSR count). The molecule has 0 bridgehead atoms. The largest absolute Gasteiger partial charge is 0.389 e. The van der Waals surface area contributed by atoms with Crippen LogP contribution in [-0.2, 0) is 6.54 Å². The Morgan fingerprint density at radius 1 is 1.59 bits per heavy atom. The van der Waals surface area contributed by atoms with Crippen LogP contribution in [0, 0.1) is 5.92 Å². The zero-order valence-corrected chi connectivity index (χ0v) is 10.5. The van der Waals surface area contributed by atoms with Gasteiger partial charge in [0.15, 0.2) is 0 Å². The van der Waals surface area contributed by atoms with Gasteiger partial charge in [-0.2, -0.15) is 0 Å². The monoisotopic (exact) mass is 234 g/mol. The second-order valence-corrected chi connectivity index (χ2v) is 5.39. The van der Waals surface area contributed by atoms with E-state index in [2.05, 4.69) is 17.2 Å². The van der Waals surface area contributed by atoms with Crippen LogP contribution in [0.2, 0.25) is 0 Å². The third-order valence-corrected chi connectivity index (χ3v) is 3.57. The lowest BCUT2D eigenvalue weighted by molar-refractivity contribution is -0.0119. The molecule has 1 aliphatic rings. The highest BCUT2D eigenvalue weighted by Gasteiger charge is 2.31. The SMILES string of the molecule is CC1CCCC(O)(CNCc2cccnc2)C1. The molecule has 0 saturated heterocycles. The summed E-state index contributed by atoms with van der Waals surface area (Å²) in [6.45, 7) is 3.70. The third-order valence-electron chi connectivity index (χ3n) is 3.57. The molecule has 1 fully saturated rings. The van der Waals surface area contributed by atoms with Crippen molar-refractivity contribution in [1.29, 1.82) is 0 Å². The summed E-state index contributed by atoms with van der Waals surface area (Å²) in [5.41, 5.74) is 0.667. The Labute approximate surface area is 103 Å². The van der Waals surface area contributed by atoms with E-state index in [0.717, 1.165) is 25.8 Å². The molecule has 0 aromatic carbocycles. The normalized spacial score (nSPS) is 29.2. The smallest absolute Gasteiger partial charge is 0.0774 e. The van der Waals surface area contributed by atoms with Gasteiger partial charge in [0.25, 0.3) is 0 Å². The van der Waals surface area contributed by atoms with Crippen LogP contribution in [0.4, 0.5) is 0 Å². The van der Waals surface area contributed by atoms with Gasteiger partial charge in [-0.05, 0) is 30.4 Å². The highest BCUT2D eigenvalue weighted by Crippen LogP contribution is 2.31. The predicted octanol–water partition coefficient (Wildman–Crippen LogP) is 2.11. The molecule has 3 heteroatoms. The van der Waals surface area contributed by atoms with Gasteiger partial charge in [0, 0.05) is 25.5 Å². The fourth-order valence-corrected chi connectivity index (χ4v) is 2.74. The Bertz CT molecular complexity index is 341. The quantitative estimate of drug-likeness (QED) is 0.838. The van der Waals surface area contributed by atoms with Crippen molar-refractivity contribution in [2.75, 3.05) is 6.54 Å². The lowest BCUT2D eigenvalue weighted by Crippen LogP contribution is -2.43. The molecule has 3 nitrogen and oxygen atoms in total. The molecule has 1 heterocycles. The molecule has 17 heavy (non-hydrogen) atoms. The third kappa shape index (κ3) is 3.79. The van der Waals surface area contributed by atoms with Crippen molar-refractivity contribution in [2.24, 2.45) is 5.92 Å². The minimum absolute atomic E-state index is 0.500. The Hall–Kier alpha value is -0.930. The van der Waals surface area contributed by atoms with E-state index in [9.17, 15) is 5.11 Å². The molecule has 2 N–H and O–H groups in total. The summed E-state index contributed by atoms with van der Waals surface area (Å²) < 4.78 is 0. The van der Waals surface area contributed by atoms with Gasteiger partial charge in [-0.25, -0.2) is 0 Å². The van der Waals surface area contributed by atoms with Crippen molar-refractivity contribution >= 4 is 0 Å². The molecule has 1 saturated carbocycles. The van der Waals surface area contributed by atoms with E-state index >= 15 is 0 Å². The number of hydrogen-bond acceptors (Lipinski definition) is 3. The van der Waals surface area contributed by atoms with Crippen molar-refractivity contribution < 1.29 is 5.11 Å². The Balaban J connectivity index is 1.78. The van der Waals surface area contributed by atoms with Gasteiger partial charge in [-0.1, -0.05) is 25.8 Å². The van der Waals surface area contributed by atoms with Crippen molar-refractivity contribution in [3.63, 3.8) is 0 Å². The number of aromatic nitrogens is 1. The zero-order chi connectivity index (χ0) is 12.1. The van der Waals surface area contributed by atoms with Gasteiger partial charge < -0.3 is 10.4 Å². The van der Waals surface area contributed by atoms with Crippen LogP contribution in [0.5, 0.6) is 0 Å². The average molecular weight is 234 g/mol. The molecule has 94 valence electrons. The van der Waals surface area contributed by atoms with Gasteiger partial charge in [-0.3, -0.25) is 4.98 Å². The number of hydrogen-bond donors (Lipinski definition) is 2. The van der Waals surface area contributed by atoms with E-state index in [-0.39, 0.29) is 0 Å². The highest BCUT2D eigenvalue weighted by molar-refractivity contribution is 5.08. The van der Waals surface area contributed by atoms with Gasteiger partial charge in [0.1, 0.15) is 0 Å².